The van der Waals surface area contributed by atoms with E-state index in [0.29, 0.717) is 31.6 Å². The van der Waals surface area contributed by atoms with Crippen LogP contribution in [0.2, 0.25) is 5.02 Å². The second-order valence-corrected chi connectivity index (χ2v) is 7.34. The first-order valence-corrected chi connectivity index (χ1v) is 10.2. The third-order valence-electron chi connectivity index (χ3n) is 4.07. The standard InChI is InChI=1S/C18H21ClFIN2O2/c19-15-13-14(3-5-16(15)20)4-6-17(24)23-10-7-18(25)22(11-12-23)9-2-1-8-21/h3-6,13H,1-2,7-12H2/b6-4+. The van der Waals surface area contributed by atoms with Gasteiger partial charge in [-0.25, -0.2) is 4.39 Å². The number of halogens is 3. The lowest BCUT2D eigenvalue weighted by Gasteiger charge is -2.21. The lowest BCUT2D eigenvalue weighted by atomic mass is 10.2. The largest absolute Gasteiger partial charge is 0.341 e. The minimum Gasteiger partial charge on any atom is -0.341 e. The summed E-state index contributed by atoms with van der Waals surface area (Å²) in [6.07, 6.45) is 5.49. The van der Waals surface area contributed by atoms with Gasteiger partial charge in [0.1, 0.15) is 5.82 Å². The van der Waals surface area contributed by atoms with Crippen LogP contribution in [0.15, 0.2) is 24.3 Å². The van der Waals surface area contributed by atoms with Gasteiger partial charge < -0.3 is 9.80 Å². The fourth-order valence-corrected chi connectivity index (χ4v) is 3.34. The van der Waals surface area contributed by atoms with Crippen LogP contribution in [0.1, 0.15) is 24.8 Å². The molecular weight excluding hydrogens is 458 g/mol. The smallest absolute Gasteiger partial charge is 0.246 e. The van der Waals surface area contributed by atoms with E-state index in [9.17, 15) is 14.0 Å². The first-order valence-electron chi connectivity index (χ1n) is 8.27. The van der Waals surface area contributed by atoms with Crippen LogP contribution in [0.25, 0.3) is 6.08 Å². The van der Waals surface area contributed by atoms with Gasteiger partial charge in [-0.3, -0.25) is 9.59 Å². The van der Waals surface area contributed by atoms with E-state index in [2.05, 4.69) is 22.6 Å². The van der Waals surface area contributed by atoms with Gasteiger partial charge in [-0.2, -0.15) is 0 Å². The van der Waals surface area contributed by atoms with Crippen LogP contribution < -0.4 is 0 Å². The van der Waals surface area contributed by atoms with Gasteiger partial charge in [-0.05, 0) is 41.0 Å². The third-order valence-corrected chi connectivity index (χ3v) is 5.13. The molecule has 1 aromatic carbocycles. The van der Waals surface area contributed by atoms with Crippen LogP contribution in [-0.2, 0) is 9.59 Å². The molecule has 0 unspecified atom stereocenters. The maximum atomic E-state index is 13.1. The van der Waals surface area contributed by atoms with E-state index in [1.165, 1.54) is 18.2 Å². The molecule has 0 aliphatic carbocycles. The minimum absolute atomic E-state index is 0.0251. The molecule has 1 heterocycles. The Morgan fingerprint density at radius 1 is 1.28 bits per heavy atom. The maximum absolute atomic E-state index is 13.1. The van der Waals surface area contributed by atoms with Crippen molar-refractivity contribution in [1.82, 2.24) is 9.80 Å². The summed E-state index contributed by atoms with van der Waals surface area (Å²) in [7, 11) is 0. The molecule has 25 heavy (non-hydrogen) atoms. The van der Waals surface area contributed by atoms with Gasteiger partial charge >= 0.3 is 0 Å². The number of unbranched alkanes of at least 4 members (excludes halogenated alkanes) is 1. The van der Waals surface area contributed by atoms with Crippen molar-refractivity contribution in [2.24, 2.45) is 0 Å². The Morgan fingerprint density at radius 3 is 2.80 bits per heavy atom. The molecule has 0 bridgehead atoms. The van der Waals surface area contributed by atoms with Crippen molar-refractivity contribution in [2.75, 3.05) is 30.6 Å². The molecule has 1 fully saturated rings. The second kappa shape index (κ2) is 10.1. The first kappa shape index (κ1) is 20.2. The highest BCUT2D eigenvalue weighted by molar-refractivity contribution is 14.1. The number of benzene rings is 1. The summed E-state index contributed by atoms with van der Waals surface area (Å²) in [5, 5.41) is 0.0251. The van der Waals surface area contributed by atoms with Crippen LogP contribution >= 0.6 is 34.2 Å². The van der Waals surface area contributed by atoms with Crippen LogP contribution in [0.5, 0.6) is 0 Å². The Kier molecular flexibility index (Phi) is 8.15. The summed E-state index contributed by atoms with van der Waals surface area (Å²) in [6.45, 7) is 2.29. The predicted octanol–water partition coefficient (Wildman–Crippen LogP) is 3.77. The molecule has 136 valence electrons. The molecular formula is C18H21ClFIN2O2. The van der Waals surface area contributed by atoms with Gasteiger partial charge in [0.25, 0.3) is 0 Å². The van der Waals surface area contributed by atoms with Crippen molar-refractivity contribution in [3.63, 3.8) is 0 Å². The average Bonchev–Trinajstić information content (AvgIpc) is 2.78. The Bertz CT molecular complexity index is 654. The van der Waals surface area contributed by atoms with Gasteiger partial charge in [0.2, 0.25) is 11.8 Å². The molecule has 7 heteroatoms. The molecule has 2 rings (SSSR count). The van der Waals surface area contributed by atoms with Crippen LogP contribution in [0.3, 0.4) is 0 Å². The number of amides is 2. The van der Waals surface area contributed by atoms with E-state index in [4.69, 9.17) is 11.6 Å². The molecule has 0 radical (unpaired) electrons. The number of alkyl halides is 1. The zero-order chi connectivity index (χ0) is 18.2. The van der Waals surface area contributed by atoms with E-state index in [0.717, 1.165) is 23.8 Å². The van der Waals surface area contributed by atoms with E-state index in [1.807, 2.05) is 4.90 Å². The molecule has 1 saturated heterocycles. The molecule has 1 aliphatic heterocycles. The molecule has 2 amide bonds. The van der Waals surface area contributed by atoms with Crippen LogP contribution in [0, 0.1) is 5.82 Å². The summed E-state index contributed by atoms with van der Waals surface area (Å²) in [5.74, 6) is -0.528. The molecule has 0 spiro atoms. The SMILES string of the molecule is O=C(/C=C/c1ccc(F)c(Cl)c1)N1CCC(=O)N(CCCCI)CC1. The number of rotatable bonds is 6. The van der Waals surface area contributed by atoms with E-state index in [1.54, 1.807) is 17.0 Å². The van der Waals surface area contributed by atoms with E-state index < -0.39 is 5.82 Å². The van der Waals surface area contributed by atoms with Gasteiger partial charge in [-0.15, -0.1) is 0 Å². The topological polar surface area (TPSA) is 40.6 Å². The minimum atomic E-state index is -0.487. The normalized spacial score (nSPS) is 15.7. The predicted molar refractivity (Wildman–Crippen MR) is 106 cm³/mol. The van der Waals surface area contributed by atoms with Crippen LogP contribution in [-0.4, -0.2) is 52.2 Å². The Labute approximate surface area is 166 Å². The number of hydrogen-bond donors (Lipinski definition) is 0. The number of carbonyl (C=O) groups excluding carboxylic acids is 2. The Hall–Kier alpha value is -1.15. The lowest BCUT2D eigenvalue weighted by molar-refractivity contribution is -0.130. The fourth-order valence-electron chi connectivity index (χ4n) is 2.61. The summed E-state index contributed by atoms with van der Waals surface area (Å²) in [6, 6.07) is 4.30. The fraction of sp³-hybridized carbons (Fsp3) is 0.444. The third kappa shape index (κ3) is 6.26. The van der Waals surface area contributed by atoms with E-state index >= 15 is 0 Å². The van der Waals surface area contributed by atoms with Crippen molar-refractivity contribution in [3.05, 3.63) is 40.7 Å². The van der Waals surface area contributed by atoms with Crippen molar-refractivity contribution in [3.8, 4) is 0 Å². The maximum Gasteiger partial charge on any atom is 0.246 e. The average molecular weight is 479 g/mol. The van der Waals surface area contributed by atoms with Gasteiger partial charge in [0.15, 0.2) is 0 Å². The first-order chi connectivity index (χ1) is 12.0. The number of hydrogen-bond acceptors (Lipinski definition) is 2. The van der Waals surface area contributed by atoms with Crippen molar-refractivity contribution in [2.45, 2.75) is 19.3 Å². The summed E-state index contributed by atoms with van der Waals surface area (Å²) < 4.78 is 14.2. The second-order valence-electron chi connectivity index (χ2n) is 5.86. The van der Waals surface area contributed by atoms with Gasteiger partial charge in [-0.1, -0.05) is 40.3 Å². The molecule has 0 saturated carbocycles. The van der Waals surface area contributed by atoms with Crippen molar-refractivity contribution >= 4 is 52.1 Å². The van der Waals surface area contributed by atoms with Crippen LogP contribution in [0.4, 0.5) is 4.39 Å². The van der Waals surface area contributed by atoms with Gasteiger partial charge in [0, 0.05) is 38.7 Å². The summed E-state index contributed by atoms with van der Waals surface area (Å²) in [5.41, 5.74) is 0.658. The Balaban J connectivity index is 1.92. The number of carbonyl (C=O) groups is 2. The zero-order valence-electron chi connectivity index (χ0n) is 13.9. The molecule has 4 nitrogen and oxygen atoms in total. The van der Waals surface area contributed by atoms with Crippen molar-refractivity contribution < 1.29 is 14.0 Å². The molecule has 1 aromatic rings. The molecule has 0 N–H and O–H groups in total. The van der Waals surface area contributed by atoms with Crippen molar-refractivity contribution in [1.29, 1.82) is 0 Å². The number of nitrogens with zero attached hydrogens (tertiary/aromatic N) is 2. The highest BCUT2D eigenvalue weighted by Crippen LogP contribution is 2.17. The highest BCUT2D eigenvalue weighted by Gasteiger charge is 2.22. The monoisotopic (exact) mass is 478 g/mol. The quantitative estimate of drug-likeness (QED) is 0.270. The molecule has 1 aliphatic rings. The summed E-state index contributed by atoms with van der Waals surface area (Å²) >= 11 is 8.07. The molecule has 0 aromatic heterocycles. The molecule has 0 atom stereocenters. The Morgan fingerprint density at radius 2 is 2.08 bits per heavy atom. The van der Waals surface area contributed by atoms with E-state index in [-0.39, 0.29) is 16.8 Å². The lowest BCUT2D eigenvalue weighted by Crippen LogP contribution is -2.35. The highest BCUT2D eigenvalue weighted by atomic mass is 127. The van der Waals surface area contributed by atoms with Gasteiger partial charge in [0.05, 0.1) is 5.02 Å². The zero-order valence-corrected chi connectivity index (χ0v) is 16.8. The summed E-state index contributed by atoms with van der Waals surface area (Å²) in [4.78, 5) is 28.0.